The molecule has 2 aromatic carbocycles. The number of amides is 1. The maximum Gasteiger partial charge on any atom is 0.225 e. The van der Waals surface area contributed by atoms with Crippen LogP contribution in [0, 0.1) is 13.8 Å². The highest BCUT2D eigenvalue weighted by Crippen LogP contribution is 2.28. The van der Waals surface area contributed by atoms with Gasteiger partial charge in [0.1, 0.15) is 5.75 Å². The molecule has 4 rings (SSSR count). The number of para-hydroxylation sites is 1. The Labute approximate surface area is 179 Å². The first-order valence-electron chi connectivity index (χ1n) is 9.96. The van der Waals surface area contributed by atoms with Crippen molar-refractivity contribution in [2.45, 2.75) is 32.3 Å². The molecule has 0 spiro atoms. The van der Waals surface area contributed by atoms with Crippen LogP contribution in [0.1, 0.15) is 24.5 Å². The van der Waals surface area contributed by atoms with Crippen LogP contribution in [0.3, 0.4) is 0 Å². The van der Waals surface area contributed by atoms with E-state index in [0.717, 1.165) is 27.8 Å². The number of aromatic nitrogens is 3. The molecule has 0 atom stereocenters. The highest BCUT2D eigenvalue weighted by molar-refractivity contribution is 7.99. The Kier molecular flexibility index (Phi) is 5.90. The van der Waals surface area contributed by atoms with Gasteiger partial charge < -0.3 is 10.1 Å². The summed E-state index contributed by atoms with van der Waals surface area (Å²) in [5, 5.41) is 13.6. The largest absolute Gasteiger partial charge is 0.494 e. The number of thioether (sulfide) groups is 1. The zero-order chi connectivity index (χ0) is 21.1. The fourth-order valence-corrected chi connectivity index (χ4v) is 4.37. The maximum absolute atomic E-state index is 12.3. The van der Waals surface area contributed by atoms with Gasteiger partial charge in [0.15, 0.2) is 10.8 Å². The highest BCUT2D eigenvalue weighted by Gasteiger charge is 2.13. The van der Waals surface area contributed by atoms with Crippen molar-refractivity contribution < 1.29 is 9.53 Å². The molecule has 0 saturated heterocycles. The van der Waals surface area contributed by atoms with Gasteiger partial charge in [0.2, 0.25) is 5.91 Å². The number of fused-ring (bicyclic) bond motifs is 3. The van der Waals surface area contributed by atoms with Crippen molar-refractivity contribution >= 4 is 39.9 Å². The summed E-state index contributed by atoms with van der Waals surface area (Å²) in [6.07, 6.45) is 0.384. The van der Waals surface area contributed by atoms with Gasteiger partial charge in [-0.3, -0.25) is 9.20 Å². The first-order chi connectivity index (χ1) is 14.6. The van der Waals surface area contributed by atoms with Crippen molar-refractivity contribution in [3.8, 4) is 5.75 Å². The number of rotatable bonds is 7. The molecular formula is C23H24N4O2S. The van der Waals surface area contributed by atoms with Gasteiger partial charge in [0, 0.05) is 23.2 Å². The Morgan fingerprint density at radius 1 is 1.10 bits per heavy atom. The van der Waals surface area contributed by atoms with E-state index >= 15 is 0 Å². The van der Waals surface area contributed by atoms with Gasteiger partial charge in [-0.05, 0) is 62.2 Å². The van der Waals surface area contributed by atoms with E-state index in [0.29, 0.717) is 18.8 Å². The minimum atomic E-state index is -0.0302. The van der Waals surface area contributed by atoms with Crippen molar-refractivity contribution in [3.63, 3.8) is 0 Å². The summed E-state index contributed by atoms with van der Waals surface area (Å²) in [4.78, 5) is 12.3. The predicted octanol–water partition coefficient (Wildman–Crippen LogP) is 5.02. The van der Waals surface area contributed by atoms with Crippen LogP contribution in [0.15, 0.2) is 53.7 Å². The minimum Gasteiger partial charge on any atom is -0.494 e. The van der Waals surface area contributed by atoms with Crippen LogP contribution in [0.25, 0.3) is 16.6 Å². The van der Waals surface area contributed by atoms with Gasteiger partial charge in [-0.15, -0.1) is 10.2 Å². The van der Waals surface area contributed by atoms with E-state index in [4.69, 9.17) is 4.74 Å². The van der Waals surface area contributed by atoms with Gasteiger partial charge in [-0.1, -0.05) is 30.0 Å². The minimum absolute atomic E-state index is 0.0302. The van der Waals surface area contributed by atoms with Crippen LogP contribution >= 0.6 is 11.8 Å². The zero-order valence-corrected chi connectivity index (χ0v) is 18.1. The second-order valence-electron chi connectivity index (χ2n) is 7.08. The maximum atomic E-state index is 12.3. The predicted molar refractivity (Wildman–Crippen MR) is 122 cm³/mol. The Morgan fingerprint density at radius 2 is 1.90 bits per heavy atom. The van der Waals surface area contributed by atoms with Crippen LogP contribution in [0.2, 0.25) is 0 Å². The lowest BCUT2D eigenvalue weighted by atomic mass is 10.1. The number of nitrogens with zero attached hydrogens (tertiary/aromatic N) is 3. The van der Waals surface area contributed by atoms with Crippen molar-refractivity contribution in [1.82, 2.24) is 14.6 Å². The van der Waals surface area contributed by atoms with Gasteiger partial charge in [0.25, 0.3) is 0 Å². The van der Waals surface area contributed by atoms with E-state index in [1.54, 1.807) is 11.8 Å². The molecule has 6 nitrogen and oxygen atoms in total. The third-order valence-electron chi connectivity index (χ3n) is 4.90. The molecule has 0 unspecified atom stereocenters. The van der Waals surface area contributed by atoms with Crippen molar-refractivity contribution in [1.29, 1.82) is 0 Å². The number of aryl methyl sites for hydroxylation is 2. The van der Waals surface area contributed by atoms with E-state index in [2.05, 4.69) is 58.0 Å². The van der Waals surface area contributed by atoms with Crippen molar-refractivity contribution in [2.24, 2.45) is 0 Å². The first kappa shape index (κ1) is 20.2. The molecule has 0 fully saturated rings. The lowest BCUT2D eigenvalue weighted by Gasteiger charge is -2.10. The van der Waals surface area contributed by atoms with Crippen molar-refractivity contribution in [2.75, 3.05) is 17.7 Å². The third-order valence-corrected chi connectivity index (χ3v) is 5.83. The average molecular weight is 421 g/mol. The molecule has 30 heavy (non-hydrogen) atoms. The van der Waals surface area contributed by atoms with E-state index in [-0.39, 0.29) is 5.91 Å². The van der Waals surface area contributed by atoms with E-state index in [1.807, 2.05) is 31.2 Å². The number of carbonyl (C=O) groups is 1. The number of benzene rings is 2. The molecule has 1 N–H and O–H groups in total. The Balaban J connectivity index is 1.44. The van der Waals surface area contributed by atoms with Crippen LogP contribution in [-0.2, 0) is 4.79 Å². The van der Waals surface area contributed by atoms with E-state index < -0.39 is 0 Å². The molecule has 2 heterocycles. The number of ether oxygens (including phenoxy) is 1. The average Bonchev–Trinajstić information content (AvgIpc) is 3.12. The van der Waals surface area contributed by atoms with Gasteiger partial charge in [-0.25, -0.2) is 0 Å². The molecule has 0 saturated carbocycles. The number of pyridine rings is 1. The molecule has 0 aliphatic carbocycles. The number of nitrogens with one attached hydrogen (secondary N) is 1. The van der Waals surface area contributed by atoms with E-state index in [9.17, 15) is 4.79 Å². The fourth-order valence-electron chi connectivity index (χ4n) is 3.48. The van der Waals surface area contributed by atoms with Crippen LogP contribution in [0.4, 0.5) is 5.69 Å². The van der Waals surface area contributed by atoms with Crippen LogP contribution in [0.5, 0.6) is 5.75 Å². The molecule has 4 aromatic rings. The normalized spacial score (nSPS) is 11.2. The zero-order valence-electron chi connectivity index (χ0n) is 17.3. The summed E-state index contributed by atoms with van der Waals surface area (Å²) in [5.41, 5.74) is 5.07. The monoisotopic (exact) mass is 420 g/mol. The first-order valence-corrected chi connectivity index (χ1v) is 10.9. The van der Waals surface area contributed by atoms with E-state index in [1.165, 1.54) is 16.5 Å². The van der Waals surface area contributed by atoms with Gasteiger partial charge >= 0.3 is 0 Å². The molecule has 7 heteroatoms. The summed E-state index contributed by atoms with van der Waals surface area (Å²) in [6, 6.07) is 15.7. The SMILES string of the molecule is CCOc1ccc(NC(=O)CCSc2nnc3cc(C)c4cccc(C)c4n23)cc1. The smallest absolute Gasteiger partial charge is 0.225 e. The Bertz CT molecular complexity index is 1200. The van der Waals surface area contributed by atoms with Gasteiger partial charge in [-0.2, -0.15) is 0 Å². The number of anilines is 1. The second kappa shape index (κ2) is 8.75. The lowest BCUT2D eigenvalue weighted by molar-refractivity contribution is -0.115. The Hall–Kier alpha value is -3.06. The molecule has 0 radical (unpaired) electrons. The molecule has 2 aromatic heterocycles. The highest BCUT2D eigenvalue weighted by atomic mass is 32.2. The summed E-state index contributed by atoms with van der Waals surface area (Å²) < 4.78 is 7.51. The topological polar surface area (TPSA) is 68.5 Å². The van der Waals surface area contributed by atoms with Crippen LogP contribution < -0.4 is 10.1 Å². The molecule has 1 amide bonds. The van der Waals surface area contributed by atoms with Crippen LogP contribution in [-0.4, -0.2) is 32.9 Å². The molecule has 0 bridgehead atoms. The van der Waals surface area contributed by atoms with Gasteiger partial charge in [0.05, 0.1) is 12.1 Å². The third kappa shape index (κ3) is 4.11. The standard InChI is InChI=1S/C23H24N4O2S/c1-4-29-18-10-8-17(9-11-18)24-21(28)12-13-30-23-26-25-20-14-16(3)19-7-5-6-15(2)22(19)27(20)23/h5-11,14H,4,12-13H2,1-3H3,(H,24,28). The molecule has 0 aliphatic heterocycles. The van der Waals surface area contributed by atoms with Crippen molar-refractivity contribution in [3.05, 3.63) is 59.7 Å². The number of carbonyl (C=O) groups excluding carboxylic acids is 1. The quantitative estimate of drug-likeness (QED) is 0.425. The second-order valence-corrected chi connectivity index (χ2v) is 8.14. The number of hydrogen-bond donors (Lipinski definition) is 1. The molecular weight excluding hydrogens is 396 g/mol. The summed E-state index contributed by atoms with van der Waals surface area (Å²) in [5.74, 6) is 1.38. The number of hydrogen-bond acceptors (Lipinski definition) is 5. The molecule has 154 valence electrons. The summed E-state index contributed by atoms with van der Waals surface area (Å²) >= 11 is 1.54. The fraction of sp³-hybridized carbons (Fsp3) is 0.261. The lowest BCUT2D eigenvalue weighted by Crippen LogP contribution is -2.12. The molecule has 0 aliphatic rings. The summed E-state index contributed by atoms with van der Waals surface area (Å²) in [6.45, 7) is 6.75. The summed E-state index contributed by atoms with van der Waals surface area (Å²) in [7, 11) is 0. The Morgan fingerprint density at radius 3 is 2.67 bits per heavy atom.